The molecule has 1 heterocycles. The summed E-state index contributed by atoms with van der Waals surface area (Å²) < 4.78 is 0. The lowest BCUT2D eigenvalue weighted by Crippen LogP contribution is -2.42. The van der Waals surface area contributed by atoms with Gasteiger partial charge in [-0.2, -0.15) is 5.01 Å². The molecule has 0 aliphatic carbocycles. The quantitative estimate of drug-likeness (QED) is 0.357. The maximum atomic E-state index is 10.7. The zero-order chi connectivity index (χ0) is 10.0. The highest BCUT2D eigenvalue weighted by molar-refractivity contribution is 5.87. The van der Waals surface area contributed by atoms with Crippen molar-refractivity contribution in [3.05, 3.63) is 17.5 Å². The number of aryl methyl sites for hydroxylation is 2. The first-order valence-electron chi connectivity index (χ1n) is 3.67. The van der Waals surface area contributed by atoms with Gasteiger partial charge in [-0.15, -0.1) is 0 Å². The summed E-state index contributed by atoms with van der Waals surface area (Å²) >= 11 is 0. The molecule has 0 atom stereocenters. The third kappa shape index (κ3) is 2.12. The molecule has 0 saturated heterocycles. The zero-order valence-electron chi connectivity index (χ0n) is 7.48. The van der Waals surface area contributed by atoms with E-state index in [1.165, 1.54) is 0 Å². The smallest absolute Gasteiger partial charge is 0.336 e. The first-order chi connectivity index (χ1) is 6.00. The van der Waals surface area contributed by atoms with E-state index >= 15 is 0 Å². The van der Waals surface area contributed by atoms with Crippen LogP contribution in [-0.4, -0.2) is 16.0 Å². The van der Waals surface area contributed by atoms with Crippen LogP contribution in [0.15, 0.2) is 6.07 Å². The van der Waals surface area contributed by atoms with Crippen LogP contribution >= 0.6 is 0 Å². The molecule has 0 spiro atoms. The molecule has 0 saturated carbocycles. The number of primary amides is 1. The first-order valence-corrected chi connectivity index (χ1v) is 3.67. The maximum Gasteiger partial charge on any atom is 0.336 e. The van der Waals surface area contributed by atoms with E-state index < -0.39 is 6.03 Å². The largest absolute Gasteiger partial charge is 0.350 e. The highest BCUT2D eigenvalue weighted by Gasteiger charge is 2.10. The van der Waals surface area contributed by atoms with Gasteiger partial charge >= 0.3 is 6.03 Å². The first kappa shape index (κ1) is 9.40. The van der Waals surface area contributed by atoms with E-state index in [2.05, 4.69) is 9.97 Å². The molecule has 0 aromatic carbocycles. The van der Waals surface area contributed by atoms with Gasteiger partial charge in [-0.1, -0.05) is 0 Å². The molecule has 2 amide bonds. The van der Waals surface area contributed by atoms with E-state index in [1.807, 2.05) is 0 Å². The average Bonchev–Trinajstić information content (AvgIpc) is 2.01. The summed E-state index contributed by atoms with van der Waals surface area (Å²) in [6.07, 6.45) is 0. The van der Waals surface area contributed by atoms with Gasteiger partial charge in [-0.25, -0.2) is 20.6 Å². The van der Waals surface area contributed by atoms with E-state index in [4.69, 9.17) is 11.6 Å². The molecular weight excluding hydrogens is 170 g/mol. The molecule has 0 bridgehead atoms. The molecule has 0 aliphatic heterocycles. The molecular formula is C7H11N5O. The topological polar surface area (TPSA) is 98.1 Å². The van der Waals surface area contributed by atoms with Gasteiger partial charge in [0, 0.05) is 11.4 Å². The van der Waals surface area contributed by atoms with Crippen LogP contribution in [0.3, 0.4) is 0 Å². The van der Waals surface area contributed by atoms with Gasteiger partial charge < -0.3 is 5.73 Å². The Morgan fingerprint density at radius 1 is 1.38 bits per heavy atom. The van der Waals surface area contributed by atoms with Crippen molar-refractivity contribution in [3.8, 4) is 0 Å². The van der Waals surface area contributed by atoms with Gasteiger partial charge in [0.1, 0.15) is 0 Å². The second kappa shape index (κ2) is 3.36. The molecule has 6 heteroatoms. The molecule has 0 radical (unpaired) electrons. The number of urea groups is 1. The van der Waals surface area contributed by atoms with Crippen LogP contribution in [0.25, 0.3) is 0 Å². The number of nitrogens with two attached hydrogens (primary N) is 2. The van der Waals surface area contributed by atoms with Crippen LogP contribution < -0.4 is 16.6 Å². The van der Waals surface area contributed by atoms with Gasteiger partial charge in [0.2, 0.25) is 5.95 Å². The fourth-order valence-electron chi connectivity index (χ4n) is 0.914. The monoisotopic (exact) mass is 181 g/mol. The van der Waals surface area contributed by atoms with E-state index in [9.17, 15) is 4.79 Å². The van der Waals surface area contributed by atoms with Crippen molar-refractivity contribution in [1.29, 1.82) is 0 Å². The number of nitrogens with zero attached hydrogens (tertiary/aromatic N) is 3. The van der Waals surface area contributed by atoms with E-state index in [0.29, 0.717) is 5.01 Å². The average molecular weight is 181 g/mol. The van der Waals surface area contributed by atoms with Crippen molar-refractivity contribution < 1.29 is 4.79 Å². The molecule has 6 nitrogen and oxygen atoms in total. The standard InChI is InChI=1S/C7H11N5O/c1-4-3-5(2)11-7(10-4)12(9)6(8)13/h3H,9H2,1-2H3,(H2,8,13). The number of aromatic nitrogens is 2. The molecule has 1 rings (SSSR count). The highest BCUT2D eigenvalue weighted by Crippen LogP contribution is 2.05. The van der Waals surface area contributed by atoms with Crippen LogP contribution in [0.5, 0.6) is 0 Å². The van der Waals surface area contributed by atoms with Crippen LogP contribution in [0.2, 0.25) is 0 Å². The Hall–Kier alpha value is -1.69. The van der Waals surface area contributed by atoms with E-state index in [0.717, 1.165) is 11.4 Å². The maximum absolute atomic E-state index is 10.7. The molecule has 0 unspecified atom stereocenters. The van der Waals surface area contributed by atoms with E-state index in [1.54, 1.807) is 19.9 Å². The van der Waals surface area contributed by atoms with Gasteiger partial charge in [0.15, 0.2) is 0 Å². The number of carbonyl (C=O) groups is 1. The van der Waals surface area contributed by atoms with Gasteiger partial charge in [0.05, 0.1) is 0 Å². The molecule has 0 fully saturated rings. The lowest BCUT2D eigenvalue weighted by molar-refractivity contribution is 0.253. The van der Waals surface area contributed by atoms with Crippen molar-refractivity contribution in [2.75, 3.05) is 5.01 Å². The summed E-state index contributed by atoms with van der Waals surface area (Å²) in [5.41, 5.74) is 6.42. The molecule has 1 aromatic heterocycles. The Bertz CT molecular complexity index is 317. The number of rotatable bonds is 1. The number of hydrogen-bond acceptors (Lipinski definition) is 4. The summed E-state index contributed by atoms with van der Waals surface area (Å²) in [5.74, 6) is 5.43. The fraction of sp³-hybridized carbons (Fsp3) is 0.286. The van der Waals surface area contributed by atoms with Crippen LogP contribution in [-0.2, 0) is 0 Å². The van der Waals surface area contributed by atoms with Crippen molar-refractivity contribution in [2.24, 2.45) is 11.6 Å². The molecule has 0 aliphatic rings. The van der Waals surface area contributed by atoms with Crippen molar-refractivity contribution >= 4 is 12.0 Å². The lowest BCUT2D eigenvalue weighted by Gasteiger charge is -2.11. The molecule has 1 aromatic rings. The number of carbonyl (C=O) groups excluding carboxylic acids is 1. The number of hydrogen-bond donors (Lipinski definition) is 2. The SMILES string of the molecule is Cc1cc(C)nc(N(N)C(N)=O)n1. The predicted molar refractivity (Wildman–Crippen MR) is 47.8 cm³/mol. The molecule has 13 heavy (non-hydrogen) atoms. The van der Waals surface area contributed by atoms with Crippen LogP contribution in [0.1, 0.15) is 11.4 Å². The Balaban J connectivity index is 3.07. The summed E-state index contributed by atoms with van der Waals surface area (Å²) in [5, 5.41) is 0.708. The second-order valence-electron chi connectivity index (χ2n) is 2.66. The minimum absolute atomic E-state index is 0.116. The lowest BCUT2D eigenvalue weighted by atomic mass is 10.4. The van der Waals surface area contributed by atoms with Crippen molar-refractivity contribution in [3.63, 3.8) is 0 Å². The van der Waals surface area contributed by atoms with Gasteiger partial charge in [0.25, 0.3) is 0 Å². The Morgan fingerprint density at radius 2 is 1.85 bits per heavy atom. The second-order valence-corrected chi connectivity index (χ2v) is 2.66. The summed E-state index contributed by atoms with van der Waals surface area (Å²) in [6, 6.07) is 0.989. The highest BCUT2D eigenvalue weighted by atomic mass is 16.2. The number of anilines is 1. The normalized spacial score (nSPS) is 9.77. The summed E-state index contributed by atoms with van der Waals surface area (Å²) in [6.45, 7) is 3.57. The Morgan fingerprint density at radius 3 is 2.23 bits per heavy atom. The third-order valence-electron chi connectivity index (χ3n) is 1.42. The number of hydrazine groups is 1. The third-order valence-corrected chi connectivity index (χ3v) is 1.42. The fourth-order valence-corrected chi connectivity index (χ4v) is 0.914. The van der Waals surface area contributed by atoms with E-state index in [-0.39, 0.29) is 5.95 Å². The predicted octanol–water partition coefficient (Wildman–Crippen LogP) is -0.148. The molecule has 4 N–H and O–H groups in total. The Labute approximate surface area is 75.5 Å². The van der Waals surface area contributed by atoms with Crippen LogP contribution in [0, 0.1) is 13.8 Å². The Kier molecular flexibility index (Phi) is 2.43. The summed E-state index contributed by atoms with van der Waals surface area (Å²) in [4.78, 5) is 18.6. The zero-order valence-corrected chi connectivity index (χ0v) is 7.48. The number of amides is 2. The van der Waals surface area contributed by atoms with Crippen LogP contribution in [0.4, 0.5) is 10.7 Å². The van der Waals surface area contributed by atoms with Crippen molar-refractivity contribution in [2.45, 2.75) is 13.8 Å². The summed E-state index contributed by atoms with van der Waals surface area (Å²) in [7, 11) is 0. The van der Waals surface area contributed by atoms with Crippen molar-refractivity contribution in [1.82, 2.24) is 9.97 Å². The minimum Gasteiger partial charge on any atom is -0.350 e. The molecule has 70 valence electrons. The van der Waals surface area contributed by atoms with Gasteiger partial charge in [-0.05, 0) is 19.9 Å². The van der Waals surface area contributed by atoms with Gasteiger partial charge in [-0.3, -0.25) is 0 Å². The minimum atomic E-state index is -0.787.